The van der Waals surface area contributed by atoms with Crippen LogP contribution in [0.15, 0.2) is 12.5 Å². The maximum absolute atomic E-state index is 6.16. The Morgan fingerprint density at radius 1 is 1.54 bits per heavy atom. The van der Waals surface area contributed by atoms with Crippen molar-refractivity contribution in [3.8, 4) is 0 Å². The zero-order valence-electron chi connectivity index (χ0n) is 7.67. The van der Waals surface area contributed by atoms with E-state index in [1.54, 1.807) is 6.33 Å². The minimum absolute atomic E-state index is 0.156. The molecular weight excluding hydrogens is 298 g/mol. The highest BCUT2D eigenvalue weighted by Gasteiger charge is 2.12. The van der Waals surface area contributed by atoms with Crippen LogP contribution in [0.2, 0.25) is 0 Å². The summed E-state index contributed by atoms with van der Waals surface area (Å²) in [4.78, 5) is 8.13. The highest BCUT2D eigenvalue weighted by Crippen LogP contribution is 2.17. The average Bonchev–Trinajstić information content (AvgIpc) is 2.08. The Kier molecular flexibility index (Phi) is 4.38. The topological polar surface area (TPSA) is 25.8 Å². The summed E-state index contributed by atoms with van der Waals surface area (Å²) in [5.74, 6) is 0.479. The molecule has 72 valence electrons. The number of hydrogen-bond acceptors (Lipinski definition) is 2. The molecule has 4 heteroatoms. The molecule has 0 saturated carbocycles. The van der Waals surface area contributed by atoms with Gasteiger partial charge >= 0.3 is 0 Å². The molecule has 1 unspecified atom stereocenters. The SMILES string of the molecule is CC(C)C(Cl)Cc1ncncc1I. The van der Waals surface area contributed by atoms with Crippen LogP contribution in [-0.4, -0.2) is 15.3 Å². The summed E-state index contributed by atoms with van der Waals surface area (Å²) >= 11 is 8.39. The first-order chi connectivity index (χ1) is 6.11. The van der Waals surface area contributed by atoms with E-state index in [4.69, 9.17) is 11.6 Å². The Bertz CT molecular complexity index is 278. The number of rotatable bonds is 3. The van der Waals surface area contributed by atoms with Gasteiger partial charge in [0, 0.05) is 18.0 Å². The van der Waals surface area contributed by atoms with Crippen molar-refractivity contribution >= 4 is 34.2 Å². The molecule has 2 nitrogen and oxygen atoms in total. The predicted octanol–water partition coefficient (Wildman–Crippen LogP) is 2.89. The standard InChI is InChI=1S/C9H12ClIN2/c1-6(2)7(10)3-9-8(11)4-12-5-13-9/h4-7H,3H2,1-2H3. The Balaban J connectivity index is 2.69. The van der Waals surface area contributed by atoms with E-state index in [0.29, 0.717) is 5.92 Å². The number of alkyl halides is 1. The van der Waals surface area contributed by atoms with Gasteiger partial charge in [-0.1, -0.05) is 13.8 Å². The molecule has 0 N–H and O–H groups in total. The largest absolute Gasteiger partial charge is 0.244 e. The van der Waals surface area contributed by atoms with Gasteiger partial charge in [0.25, 0.3) is 0 Å². The quantitative estimate of drug-likeness (QED) is 0.634. The monoisotopic (exact) mass is 310 g/mol. The molecule has 1 heterocycles. The van der Waals surface area contributed by atoms with Crippen LogP contribution < -0.4 is 0 Å². The molecule has 0 radical (unpaired) electrons. The Labute approximate surface area is 97.3 Å². The lowest BCUT2D eigenvalue weighted by molar-refractivity contribution is 0.589. The normalized spacial score (nSPS) is 13.3. The second kappa shape index (κ2) is 5.10. The summed E-state index contributed by atoms with van der Waals surface area (Å²) in [7, 11) is 0. The van der Waals surface area contributed by atoms with E-state index in [0.717, 1.165) is 15.7 Å². The molecular formula is C9H12ClIN2. The highest BCUT2D eigenvalue weighted by molar-refractivity contribution is 14.1. The van der Waals surface area contributed by atoms with Crippen LogP contribution in [0.3, 0.4) is 0 Å². The van der Waals surface area contributed by atoms with Crippen LogP contribution in [0.25, 0.3) is 0 Å². The highest BCUT2D eigenvalue weighted by atomic mass is 127. The summed E-state index contributed by atoms with van der Waals surface area (Å²) in [6.07, 6.45) is 4.20. The molecule has 1 rings (SSSR count). The summed E-state index contributed by atoms with van der Waals surface area (Å²) in [5.41, 5.74) is 1.05. The van der Waals surface area contributed by atoms with Crippen molar-refractivity contribution in [2.75, 3.05) is 0 Å². The minimum Gasteiger partial charge on any atom is -0.244 e. The fourth-order valence-electron chi connectivity index (χ4n) is 0.909. The fourth-order valence-corrected chi connectivity index (χ4v) is 1.58. The molecule has 0 bridgehead atoms. The first-order valence-electron chi connectivity index (χ1n) is 4.19. The summed E-state index contributed by atoms with van der Waals surface area (Å²) in [6, 6.07) is 0. The first kappa shape index (κ1) is 11.2. The lowest BCUT2D eigenvalue weighted by atomic mass is 10.1. The molecule has 0 aliphatic heterocycles. The lowest BCUT2D eigenvalue weighted by Crippen LogP contribution is -2.13. The van der Waals surface area contributed by atoms with Gasteiger partial charge in [0.05, 0.1) is 9.26 Å². The molecule has 0 aliphatic carbocycles. The van der Waals surface area contributed by atoms with Crippen molar-refractivity contribution in [1.82, 2.24) is 9.97 Å². The predicted molar refractivity (Wildman–Crippen MR) is 62.9 cm³/mol. The fraction of sp³-hybridized carbons (Fsp3) is 0.556. The van der Waals surface area contributed by atoms with Gasteiger partial charge in [-0.15, -0.1) is 11.6 Å². The van der Waals surface area contributed by atoms with Gasteiger partial charge in [-0.05, 0) is 28.5 Å². The molecule has 0 aromatic carbocycles. The van der Waals surface area contributed by atoms with Crippen molar-refractivity contribution in [3.05, 3.63) is 21.8 Å². The van der Waals surface area contributed by atoms with Crippen molar-refractivity contribution in [2.24, 2.45) is 5.92 Å². The van der Waals surface area contributed by atoms with Crippen molar-refractivity contribution in [3.63, 3.8) is 0 Å². The van der Waals surface area contributed by atoms with Gasteiger partial charge in [-0.2, -0.15) is 0 Å². The van der Waals surface area contributed by atoms with Crippen molar-refractivity contribution in [1.29, 1.82) is 0 Å². The van der Waals surface area contributed by atoms with E-state index in [-0.39, 0.29) is 5.38 Å². The van der Waals surface area contributed by atoms with E-state index in [1.807, 2.05) is 6.20 Å². The Hall–Kier alpha value is 0.100. The van der Waals surface area contributed by atoms with Crippen LogP contribution in [0.5, 0.6) is 0 Å². The van der Waals surface area contributed by atoms with Crippen LogP contribution in [0.4, 0.5) is 0 Å². The molecule has 0 fully saturated rings. The van der Waals surface area contributed by atoms with E-state index in [1.165, 1.54) is 0 Å². The maximum Gasteiger partial charge on any atom is 0.115 e. The zero-order chi connectivity index (χ0) is 9.84. The van der Waals surface area contributed by atoms with Gasteiger partial charge in [-0.25, -0.2) is 9.97 Å². The van der Waals surface area contributed by atoms with Gasteiger partial charge in [0.2, 0.25) is 0 Å². The molecule has 1 aromatic heterocycles. The Morgan fingerprint density at radius 3 is 2.77 bits per heavy atom. The third kappa shape index (κ3) is 3.38. The summed E-state index contributed by atoms with van der Waals surface area (Å²) < 4.78 is 1.09. The van der Waals surface area contributed by atoms with Crippen LogP contribution in [0.1, 0.15) is 19.5 Å². The van der Waals surface area contributed by atoms with E-state index < -0.39 is 0 Å². The second-order valence-corrected chi connectivity index (χ2v) is 5.00. The van der Waals surface area contributed by atoms with Gasteiger partial charge in [0.15, 0.2) is 0 Å². The maximum atomic E-state index is 6.16. The van der Waals surface area contributed by atoms with Crippen LogP contribution in [-0.2, 0) is 6.42 Å². The summed E-state index contributed by atoms with van der Waals surface area (Å²) in [6.45, 7) is 4.23. The van der Waals surface area contributed by atoms with Crippen molar-refractivity contribution < 1.29 is 0 Å². The molecule has 1 atom stereocenters. The second-order valence-electron chi connectivity index (χ2n) is 3.28. The molecule has 0 saturated heterocycles. The third-order valence-electron chi connectivity index (χ3n) is 1.86. The first-order valence-corrected chi connectivity index (χ1v) is 5.71. The van der Waals surface area contributed by atoms with Gasteiger partial charge in [-0.3, -0.25) is 0 Å². The minimum atomic E-state index is 0.156. The average molecular weight is 311 g/mol. The third-order valence-corrected chi connectivity index (χ3v) is 3.41. The molecule has 0 spiro atoms. The molecule has 1 aromatic rings. The zero-order valence-corrected chi connectivity index (χ0v) is 10.6. The van der Waals surface area contributed by atoms with E-state index >= 15 is 0 Å². The number of hydrogen-bond donors (Lipinski definition) is 0. The lowest BCUT2D eigenvalue weighted by Gasteiger charge is -2.12. The molecule has 0 amide bonds. The van der Waals surface area contributed by atoms with Gasteiger partial charge < -0.3 is 0 Å². The van der Waals surface area contributed by atoms with Crippen LogP contribution >= 0.6 is 34.2 Å². The van der Waals surface area contributed by atoms with E-state index in [9.17, 15) is 0 Å². The number of aromatic nitrogens is 2. The van der Waals surface area contributed by atoms with E-state index in [2.05, 4.69) is 46.4 Å². The van der Waals surface area contributed by atoms with Gasteiger partial charge in [0.1, 0.15) is 6.33 Å². The Morgan fingerprint density at radius 2 is 2.23 bits per heavy atom. The van der Waals surface area contributed by atoms with Crippen LogP contribution in [0, 0.1) is 9.49 Å². The number of nitrogens with zero attached hydrogens (tertiary/aromatic N) is 2. The number of halogens is 2. The smallest absolute Gasteiger partial charge is 0.115 e. The molecule has 0 aliphatic rings. The molecule has 13 heavy (non-hydrogen) atoms. The van der Waals surface area contributed by atoms with Crippen molar-refractivity contribution in [2.45, 2.75) is 25.6 Å². The summed E-state index contributed by atoms with van der Waals surface area (Å²) in [5, 5.41) is 0.156.